The van der Waals surface area contributed by atoms with Gasteiger partial charge in [0.25, 0.3) is 0 Å². The molecular formula is C10H14F3NO3. The Kier molecular flexibility index (Phi) is 4.36. The first kappa shape index (κ1) is 13.8. The molecule has 2 atom stereocenters. The SMILES string of the molecule is O=C(O)C1CCCC1C(=O)NCCC(F)(F)F. The van der Waals surface area contributed by atoms with Crippen molar-refractivity contribution in [1.29, 1.82) is 0 Å². The summed E-state index contributed by atoms with van der Waals surface area (Å²) in [4.78, 5) is 22.3. The number of halogens is 3. The van der Waals surface area contributed by atoms with Crippen LogP contribution in [0.25, 0.3) is 0 Å². The van der Waals surface area contributed by atoms with Crippen LogP contribution in [0.2, 0.25) is 0 Å². The van der Waals surface area contributed by atoms with E-state index in [0.717, 1.165) is 0 Å². The number of carboxylic acid groups (broad SMARTS) is 1. The van der Waals surface area contributed by atoms with Crippen molar-refractivity contribution >= 4 is 11.9 Å². The third kappa shape index (κ3) is 4.24. The first-order valence-corrected chi connectivity index (χ1v) is 5.38. The number of carbonyl (C=O) groups excluding carboxylic acids is 1. The van der Waals surface area contributed by atoms with E-state index in [1.54, 1.807) is 0 Å². The number of carbonyl (C=O) groups is 2. The van der Waals surface area contributed by atoms with E-state index in [9.17, 15) is 22.8 Å². The first-order chi connectivity index (χ1) is 7.81. The van der Waals surface area contributed by atoms with Crippen LogP contribution in [-0.4, -0.2) is 29.7 Å². The maximum Gasteiger partial charge on any atom is 0.390 e. The van der Waals surface area contributed by atoms with Crippen LogP contribution in [0.4, 0.5) is 13.2 Å². The summed E-state index contributed by atoms with van der Waals surface area (Å²) in [7, 11) is 0. The van der Waals surface area contributed by atoms with Crippen molar-refractivity contribution in [2.24, 2.45) is 11.8 Å². The Balaban J connectivity index is 2.40. The van der Waals surface area contributed by atoms with Gasteiger partial charge >= 0.3 is 12.1 Å². The molecule has 0 aromatic rings. The summed E-state index contributed by atoms with van der Waals surface area (Å²) in [6.07, 6.45) is -3.95. The van der Waals surface area contributed by atoms with Crippen molar-refractivity contribution < 1.29 is 27.9 Å². The molecule has 2 unspecified atom stereocenters. The number of hydrogen-bond donors (Lipinski definition) is 2. The molecule has 1 aliphatic carbocycles. The normalized spacial score (nSPS) is 24.6. The molecule has 98 valence electrons. The smallest absolute Gasteiger partial charge is 0.390 e. The van der Waals surface area contributed by atoms with Crippen LogP contribution >= 0.6 is 0 Å². The zero-order valence-electron chi connectivity index (χ0n) is 9.09. The molecular weight excluding hydrogens is 239 g/mol. The highest BCUT2D eigenvalue weighted by molar-refractivity contribution is 5.85. The topological polar surface area (TPSA) is 66.4 Å². The molecule has 0 radical (unpaired) electrons. The maximum atomic E-state index is 11.8. The van der Waals surface area contributed by atoms with Gasteiger partial charge in [0, 0.05) is 6.54 Å². The molecule has 1 amide bonds. The van der Waals surface area contributed by atoms with Gasteiger partial charge in [0.1, 0.15) is 0 Å². The van der Waals surface area contributed by atoms with Crippen LogP contribution < -0.4 is 5.32 Å². The summed E-state index contributed by atoms with van der Waals surface area (Å²) >= 11 is 0. The molecule has 4 nitrogen and oxygen atoms in total. The van der Waals surface area contributed by atoms with Gasteiger partial charge in [-0.05, 0) is 12.8 Å². The Morgan fingerprint density at radius 1 is 1.24 bits per heavy atom. The Hall–Kier alpha value is -1.27. The second kappa shape index (κ2) is 5.37. The lowest BCUT2D eigenvalue weighted by atomic mass is 9.95. The number of aliphatic carboxylic acids is 1. The molecule has 7 heteroatoms. The lowest BCUT2D eigenvalue weighted by Gasteiger charge is -2.15. The van der Waals surface area contributed by atoms with Crippen LogP contribution in [0.3, 0.4) is 0 Å². The second-order valence-electron chi connectivity index (χ2n) is 4.14. The Labute approximate surface area is 96.2 Å². The van der Waals surface area contributed by atoms with Crippen LogP contribution in [0.15, 0.2) is 0 Å². The summed E-state index contributed by atoms with van der Waals surface area (Å²) in [6.45, 7) is -0.495. The first-order valence-electron chi connectivity index (χ1n) is 5.38. The van der Waals surface area contributed by atoms with Gasteiger partial charge in [-0.15, -0.1) is 0 Å². The summed E-state index contributed by atoms with van der Waals surface area (Å²) in [5.41, 5.74) is 0. The average molecular weight is 253 g/mol. The van der Waals surface area contributed by atoms with Crippen molar-refractivity contribution in [3.05, 3.63) is 0 Å². The number of rotatable bonds is 4. The van der Waals surface area contributed by atoms with Gasteiger partial charge in [-0.1, -0.05) is 6.42 Å². The zero-order chi connectivity index (χ0) is 13.1. The fraction of sp³-hybridized carbons (Fsp3) is 0.800. The van der Waals surface area contributed by atoms with Crippen LogP contribution in [0.5, 0.6) is 0 Å². The van der Waals surface area contributed by atoms with E-state index in [0.29, 0.717) is 19.3 Å². The van der Waals surface area contributed by atoms with E-state index in [-0.39, 0.29) is 0 Å². The van der Waals surface area contributed by atoms with Crippen LogP contribution in [0.1, 0.15) is 25.7 Å². The standard InChI is InChI=1S/C10H14F3NO3/c11-10(12,13)4-5-14-8(15)6-2-1-3-7(6)9(16)17/h6-7H,1-5H2,(H,14,15)(H,16,17). The molecule has 1 aliphatic rings. The summed E-state index contributed by atoms with van der Waals surface area (Å²) in [6, 6.07) is 0. The zero-order valence-corrected chi connectivity index (χ0v) is 9.09. The molecule has 1 saturated carbocycles. The number of nitrogens with one attached hydrogen (secondary N) is 1. The van der Waals surface area contributed by atoms with Crippen molar-refractivity contribution in [2.45, 2.75) is 31.9 Å². The largest absolute Gasteiger partial charge is 0.481 e. The maximum absolute atomic E-state index is 11.8. The minimum atomic E-state index is -4.31. The molecule has 0 aliphatic heterocycles. The van der Waals surface area contributed by atoms with Crippen molar-refractivity contribution in [1.82, 2.24) is 5.32 Å². The number of hydrogen-bond acceptors (Lipinski definition) is 2. The molecule has 0 spiro atoms. The Morgan fingerprint density at radius 2 is 1.82 bits per heavy atom. The van der Waals surface area contributed by atoms with Crippen molar-refractivity contribution in [2.75, 3.05) is 6.54 Å². The van der Waals surface area contributed by atoms with E-state index in [1.165, 1.54) is 0 Å². The molecule has 0 aromatic heterocycles. The van der Waals surface area contributed by atoms with Gasteiger partial charge < -0.3 is 10.4 Å². The van der Waals surface area contributed by atoms with Gasteiger partial charge in [0.2, 0.25) is 5.91 Å². The molecule has 17 heavy (non-hydrogen) atoms. The third-order valence-electron chi connectivity index (χ3n) is 2.88. The Morgan fingerprint density at radius 3 is 2.35 bits per heavy atom. The quantitative estimate of drug-likeness (QED) is 0.799. The molecule has 2 N–H and O–H groups in total. The fourth-order valence-corrected chi connectivity index (χ4v) is 2.03. The number of alkyl halides is 3. The molecule has 0 heterocycles. The van der Waals surface area contributed by atoms with Gasteiger partial charge in [0.15, 0.2) is 0 Å². The van der Waals surface area contributed by atoms with Crippen molar-refractivity contribution in [3.8, 4) is 0 Å². The van der Waals surface area contributed by atoms with E-state index in [1.807, 2.05) is 0 Å². The van der Waals surface area contributed by atoms with Gasteiger partial charge in [0.05, 0.1) is 18.3 Å². The second-order valence-corrected chi connectivity index (χ2v) is 4.14. The highest BCUT2D eigenvalue weighted by Crippen LogP contribution is 2.32. The highest BCUT2D eigenvalue weighted by Gasteiger charge is 2.37. The molecule has 1 rings (SSSR count). The van der Waals surface area contributed by atoms with E-state index in [4.69, 9.17) is 5.11 Å². The van der Waals surface area contributed by atoms with Crippen LogP contribution in [0, 0.1) is 11.8 Å². The van der Waals surface area contributed by atoms with Gasteiger partial charge in [-0.3, -0.25) is 9.59 Å². The third-order valence-corrected chi connectivity index (χ3v) is 2.88. The molecule has 0 bridgehead atoms. The van der Waals surface area contributed by atoms with E-state index in [2.05, 4.69) is 5.32 Å². The molecule has 1 fully saturated rings. The number of carboxylic acids is 1. The van der Waals surface area contributed by atoms with Gasteiger partial charge in [-0.2, -0.15) is 13.2 Å². The summed E-state index contributed by atoms with van der Waals surface area (Å²) < 4.78 is 35.5. The van der Waals surface area contributed by atoms with Crippen LogP contribution in [-0.2, 0) is 9.59 Å². The minimum Gasteiger partial charge on any atom is -0.481 e. The lowest BCUT2D eigenvalue weighted by molar-refractivity contribution is -0.147. The predicted octanol–water partition coefficient (Wildman–Crippen LogP) is 1.56. The minimum absolute atomic E-state index is 0.409. The number of amides is 1. The fourth-order valence-electron chi connectivity index (χ4n) is 2.03. The van der Waals surface area contributed by atoms with E-state index < -0.39 is 42.9 Å². The summed E-state index contributed by atoms with van der Waals surface area (Å²) in [5, 5.41) is 11.0. The highest BCUT2D eigenvalue weighted by atomic mass is 19.4. The average Bonchev–Trinajstić information content (AvgIpc) is 2.63. The van der Waals surface area contributed by atoms with E-state index >= 15 is 0 Å². The monoisotopic (exact) mass is 253 g/mol. The predicted molar refractivity (Wildman–Crippen MR) is 52.1 cm³/mol. The van der Waals surface area contributed by atoms with Crippen molar-refractivity contribution in [3.63, 3.8) is 0 Å². The molecule has 0 aromatic carbocycles. The van der Waals surface area contributed by atoms with Gasteiger partial charge in [-0.25, -0.2) is 0 Å². The Bertz CT molecular complexity index is 304. The lowest BCUT2D eigenvalue weighted by Crippen LogP contribution is -2.36. The summed E-state index contributed by atoms with van der Waals surface area (Å²) in [5.74, 6) is -3.10. The molecule has 0 saturated heterocycles.